The van der Waals surface area contributed by atoms with Crippen LogP contribution in [0.5, 0.6) is 0 Å². The fourth-order valence-corrected chi connectivity index (χ4v) is 4.64. The Kier molecular flexibility index (Phi) is 12.9. The molecule has 0 radical (unpaired) electrons. The second-order valence-electron chi connectivity index (χ2n) is 9.79. The average molecular weight is 577 g/mol. The lowest BCUT2D eigenvalue weighted by atomic mass is 9.97. The van der Waals surface area contributed by atoms with Gasteiger partial charge in [-0.1, -0.05) is 38.5 Å². The number of carbonyl (C=O) groups excluding carboxylic acids is 4. The van der Waals surface area contributed by atoms with E-state index < -0.39 is 53.8 Å². The lowest BCUT2D eigenvalue weighted by Gasteiger charge is -2.26. The molecule has 5 atom stereocenters. The summed E-state index contributed by atoms with van der Waals surface area (Å²) < 4.78 is 0. The maximum absolute atomic E-state index is 13.4. The molecule has 2 aromatic rings. The van der Waals surface area contributed by atoms with Crippen LogP contribution in [0.2, 0.25) is 0 Å². The van der Waals surface area contributed by atoms with Crippen LogP contribution in [0.3, 0.4) is 0 Å². The van der Waals surface area contributed by atoms with Crippen LogP contribution in [-0.4, -0.2) is 75.9 Å². The molecule has 40 heavy (non-hydrogen) atoms. The van der Waals surface area contributed by atoms with Gasteiger partial charge in [0.05, 0.1) is 6.04 Å². The lowest BCUT2D eigenvalue weighted by Crippen LogP contribution is -2.58. The molecule has 5 unspecified atom stereocenters. The topological polar surface area (TPSA) is 210 Å². The van der Waals surface area contributed by atoms with Crippen molar-refractivity contribution in [3.63, 3.8) is 0 Å². The zero-order valence-corrected chi connectivity index (χ0v) is 23.9. The summed E-state index contributed by atoms with van der Waals surface area (Å²) in [5, 5.41) is 18.3. The Hall–Kier alpha value is -3.58. The third-order valence-electron chi connectivity index (χ3n) is 6.79. The van der Waals surface area contributed by atoms with Crippen molar-refractivity contribution in [3.8, 4) is 0 Å². The predicted octanol–water partition coefficient (Wildman–Crippen LogP) is 0.641. The number of amides is 4. The van der Waals surface area contributed by atoms with Crippen molar-refractivity contribution in [3.05, 3.63) is 36.0 Å². The maximum atomic E-state index is 13.4. The fourth-order valence-electron chi connectivity index (χ4n) is 4.15. The number of aliphatic carboxylic acids is 1. The van der Waals surface area contributed by atoms with E-state index in [1.54, 1.807) is 13.1 Å². The maximum Gasteiger partial charge on any atom is 0.326 e. The number of carboxylic acid groups (broad SMARTS) is 1. The number of H-pyrrole nitrogens is 1. The highest BCUT2D eigenvalue weighted by molar-refractivity contribution is 7.98. The first-order valence-corrected chi connectivity index (χ1v) is 14.6. The van der Waals surface area contributed by atoms with E-state index in [1.807, 2.05) is 37.4 Å². The number of rotatable bonds is 17. The van der Waals surface area contributed by atoms with Crippen molar-refractivity contribution in [2.24, 2.45) is 17.4 Å². The van der Waals surface area contributed by atoms with Crippen molar-refractivity contribution >= 4 is 52.3 Å². The van der Waals surface area contributed by atoms with Gasteiger partial charge in [-0.15, -0.1) is 0 Å². The second-order valence-corrected chi connectivity index (χ2v) is 10.8. The second kappa shape index (κ2) is 15.9. The van der Waals surface area contributed by atoms with Gasteiger partial charge >= 0.3 is 5.97 Å². The van der Waals surface area contributed by atoms with Crippen molar-refractivity contribution in [2.75, 3.05) is 12.0 Å². The van der Waals surface area contributed by atoms with Gasteiger partial charge in [0.1, 0.15) is 18.1 Å². The molecule has 220 valence electrons. The minimum absolute atomic E-state index is 0.0398. The van der Waals surface area contributed by atoms with Gasteiger partial charge in [-0.25, -0.2) is 4.79 Å². The van der Waals surface area contributed by atoms with Gasteiger partial charge < -0.3 is 37.5 Å². The number of nitrogens with two attached hydrogens (primary N) is 2. The molecule has 13 heteroatoms. The zero-order chi connectivity index (χ0) is 29.8. The number of carbonyl (C=O) groups is 5. The van der Waals surface area contributed by atoms with E-state index in [0.717, 1.165) is 16.5 Å². The molecule has 1 heterocycles. The number of thioether (sulfide) groups is 1. The van der Waals surface area contributed by atoms with E-state index in [-0.39, 0.29) is 25.2 Å². The first-order chi connectivity index (χ1) is 19.0. The monoisotopic (exact) mass is 576 g/mol. The summed E-state index contributed by atoms with van der Waals surface area (Å²) in [6, 6.07) is 3.02. The number of para-hydroxylation sites is 1. The number of fused-ring (bicyclic) bond motifs is 1. The van der Waals surface area contributed by atoms with E-state index in [4.69, 9.17) is 11.5 Å². The number of primary amides is 1. The number of aromatic nitrogens is 1. The van der Waals surface area contributed by atoms with Crippen molar-refractivity contribution in [2.45, 2.75) is 70.1 Å². The third kappa shape index (κ3) is 9.56. The molecule has 0 spiro atoms. The number of hydrogen-bond donors (Lipinski definition) is 7. The summed E-state index contributed by atoms with van der Waals surface area (Å²) in [5.41, 5.74) is 12.8. The lowest BCUT2D eigenvalue weighted by molar-refractivity contribution is -0.143. The van der Waals surface area contributed by atoms with E-state index in [0.29, 0.717) is 18.6 Å². The molecule has 1 aromatic heterocycles. The molecule has 0 aliphatic rings. The van der Waals surface area contributed by atoms with Crippen LogP contribution in [0, 0.1) is 5.92 Å². The molecule has 9 N–H and O–H groups in total. The quantitative estimate of drug-likeness (QED) is 0.142. The number of hydrogen-bond acceptors (Lipinski definition) is 7. The zero-order valence-electron chi connectivity index (χ0n) is 23.1. The van der Waals surface area contributed by atoms with Crippen LogP contribution in [0.15, 0.2) is 30.5 Å². The smallest absolute Gasteiger partial charge is 0.326 e. The van der Waals surface area contributed by atoms with Crippen LogP contribution in [0.25, 0.3) is 10.9 Å². The minimum atomic E-state index is -1.19. The first kappa shape index (κ1) is 32.6. The predicted molar refractivity (Wildman–Crippen MR) is 154 cm³/mol. The van der Waals surface area contributed by atoms with Crippen molar-refractivity contribution < 1.29 is 29.1 Å². The molecule has 4 amide bonds. The number of carboxylic acids is 1. The molecule has 0 bridgehead atoms. The van der Waals surface area contributed by atoms with E-state index >= 15 is 0 Å². The van der Waals surface area contributed by atoms with Crippen LogP contribution in [0.4, 0.5) is 0 Å². The Morgan fingerprint density at radius 3 is 2.27 bits per heavy atom. The summed E-state index contributed by atoms with van der Waals surface area (Å²) in [5.74, 6) is -3.56. The molecule has 2 rings (SSSR count). The summed E-state index contributed by atoms with van der Waals surface area (Å²) in [4.78, 5) is 66.0. The Balaban J connectivity index is 2.33. The van der Waals surface area contributed by atoms with E-state index in [2.05, 4.69) is 20.9 Å². The average Bonchev–Trinajstić information content (AvgIpc) is 3.33. The Labute approximate surface area is 237 Å². The highest BCUT2D eigenvalue weighted by Gasteiger charge is 2.32. The Morgan fingerprint density at radius 1 is 1.00 bits per heavy atom. The molecular formula is C27H40N6O6S. The van der Waals surface area contributed by atoms with E-state index in [1.165, 1.54) is 11.8 Å². The summed E-state index contributed by atoms with van der Waals surface area (Å²) in [6.45, 7) is 3.52. The summed E-state index contributed by atoms with van der Waals surface area (Å²) in [6.07, 6.45) is 4.24. The summed E-state index contributed by atoms with van der Waals surface area (Å²) >= 11 is 1.52. The molecule has 1 aromatic carbocycles. The fraction of sp³-hybridized carbons (Fsp3) is 0.519. The van der Waals surface area contributed by atoms with Gasteiger partial charge in [0, 0.05) is 29.9 Å². The highest BCUT2D eigenvalue weighted by atomic mass is 32.2. The van der Waals surface area contributed by atoms with Crippen LogP contribution in [-0.2, 0) is 30.4 Å². The van der Waals surface area contributed by atoms with Gasteiger partial charge in [0.2, 0.25) is 23.6 Å². The van der Waals surface area contributed by atoms with Crippen molar-refractivity contribution in [1.29, 1.82) is 0 Å². The summed E-state index contributed by atoms with van der Waals surface area (Å²) in [7, 11) is 0. The van der Waals surface area contributed by atoms with Crippen molar-refractivity contribution in [1.82, 2.24) is 20.9 Å². The Bertz CT molecular complexity index is 1190. The standard InChI is InChI=1S/C27H40N6O6S/c1-4-15(2)23(27(38)39)33-26(37)21(13-16-14-30-19-8-6-5-7-17(16)19)32-25(36)20(9-10-22(29)34)31-24(35)18(28)11-12-40-3/h5-8,14-15,18,20-21,23,30H,4,9-13,28H2,1-3H3,(H2,29,34)(H,31,35)(H,32,36)(H,33,37)(H,38,39). The first-order valence-electron chi connectivity index (χ1n) is 13.2. The highest BCUT2D eigenvalue weighted by Crippen LogP contribution is 2.20. The third-order valence-corrected chi connectivity index (χ3v) is 7.43. The molecule has 0 fully saturated rings. The van der Waals surface area contributed by atoms with Gasteiger partial charge in [0.25, 0.3) is 0 Å². The molecule has 0 aliphatic carbocycles. The van der Waals surface area contributed by atoms with Gasteiger partial charge in [-0.05, 0) is 42.4 Å². The molecule has 0 aliphatic heterocycles. The normalized spacial score (nSPS) is 14.9. The van der Waals surface area contributed by atoms with Gasteiger partial charge in [0.15, 0.2) is 0 Å². The number of benzene rings is 1. The van der Waals surface area contributed by atoms with Crippen LogP contribution in [0.1, 0.15) is 45.1 Å². The molecular weight excluding hydrogens is 536 g/mol. The largest absolute Gasteiger partial charge is 0.480 e. The van der Waals surface area contributed by atoms with Gasteiger partial charge in [-0.2, -0.15) is 11.8 Å². The van der Waals surface area contributed by atoms with Gasteiger partial charge in [-0.3, -0.25) is 19.2 Å². The van der Waals surface area contributed by atoms with E-state index in [9.17, 15) is 29.1 Å². The molecule has 12 nitrogen and oxygen atoms in total. The SMILES string of the molecule is CCC(C)C(NC(=O)C(Cc1c[nH]c2ccccc12)NC(=O)C(CCC(N)=O)NC(=O)C(N)CCSC)C(=O)O. The minimum Gasteiger partial charge on any atom is -0.480 e. The van der Waals surface area contributed by atoms with Crippen LogP contribution < -0.4 is 27.4 Å². The van der Waals surface area contributed by atoms with Crippen LogP contribution >= 0.6 is 11.8 Å². The Morgan fingerprint density at radius 2 is 1.65 bits per heavy atom. The number of aromatic amines is 1. The number of nitrogens with one attached hydrogen (secondary N) is 4. The molecule has 0 saturated carbocycles. The molecule has 0 saturated heterocycles.